The van der Waals surface area contributed by atoms with Crippen LogP contribution in [0.4, 0.5) is 0 Å². The molecule has 1 unspecified atom stereocenters. The number of rotatable bonds is 6. The first-order valence-corrected chi connectivity index (χ1v) is 11.5. The van der Waals surface area contributed by atoms with E-state index >= 15 is 0 Å². The molecule has 1 N–H and O–H groups in total. The topological polar surface area (TPSA) is 106 Å². The predicted molar refractivity (Wildman–Crippen MR) is 119 cm³/mol. The Morgan fingerprint density at radius 2 is 1.82 bits per heavy atom. The van der Waals surface area contributed by atoms with E-state index in [0.29, 0.717) is 11.9 Å². The molecule has 3 fully saturated rings. The summed E-state index contributed by atoms with van der Waals surface area (Å²) in [4.78, 5) is 51.7. The average Bonchev–Trinajstić information content (AvgIpc) is 3.03. The first kappa shape index (κ1) is 21.8. The molecular weight excluding hydrogens is 426 g/mol. The van der Waals surface area contributed by atoms with Gasteiger partial charge in [0.1, 0.15) is 6.04 Å². The standard InChI is InChI=1S/C23H29N5O5/c1-25-20-10-15(11-27-12-17(13-27)33-16-6-8-26(14-29)9-7-16)2-3-18(20)28(23(25)32)19-4-5-21(30)24-22(19)31/h2-3,10,14,16-17,19H,4-9,11-13H2,1H3,(H,24,30,31). The van der Waals surface area contributed by atoms with Crippen molar-refractivity contribution in [1.82, 2.24) is 24.3 Å². The van der Waals surface area contributed by atoms with Gasteiger partial charge in [0.15, 0.2) is 0 Å². The number of hydrogen-bond donors (Lipinski definition) is 1. The number of benzene rings is 1. The van der Waals surface area contributed by atoms with Crippen LogP contribution in [0.1, 0.15) is 37.3 Å². The Hall–Kier alpha value is -2.98. The van der Waals surface area contributed by atoms with Crippen molar-refractivity contribution in [3.8, 4) is 0 Å². The Kier molecular flexibility index (Phi) is 5.79. The van der Waals surface area contributed by atoms with Crippen LogP contribution >= 0.6 is 0 Å². The Morgan fingerprint density at radius 1 is 1.06 bits per heavy atom. The molecule has 4 heterocycles. The van der Waals surface area contributed by atoms with Gasteiger partial charge in [-0.05, 0) is 37.0 Å². The number of likely N-dealkylation sites (tertiary alicyclic amines) is 2. The first-order valence-electron chi connectivity index (χ1n) is 11.5. The summed E-state index contributed by atoms with van der Waals surface area (Å²) in [6.07, 6.45) is 3.70. The Morgan fingerprint density at radius 3 is 2.52 bits per heavy atom. The van der Waals surface area contributed by atoms with Crippen LogP contribution in [0.2, 0.25) is 0 Å². The van der Waals surface area contributed by atoms with E-state index in [0.717, 1.165) is 63.1 Å². The van der Waals surface area contributed by atoms with Gasteiger partial charge in [-0.3, -0.25) is 33.7 Å². The van der Waals surface area contributed by atoms with Crippen molar-refractivity contribution in [1.29, 1.82) is 0 Å². The van der Waals surface area contributed by atoms with Crippen molar-refractivity contribution in [2.75, 3.05) is 26.2 Å². The molecule has 10 heteroatoms. The number of ether oxygens (including phenoxy) is 1. The molecule has 0 spiro atoms. The van der Waals surface area contributed by atoms with Gasteiger partial charge in [-0.15, -0.1) is 0 Å². The monoisotopic (exact) mass is 455 g/mol. The van der Waals surface area contributed by atoms with Gasteiger partial charge in [-0.2, -0.15) is 0 Å². The lowest BCUT2D eigenvalue weighted by atomic mass is 10.0. The third-order valence-electron chi connectivity index (χ3n) is 7.02. The lowest BCUT2D eigenvalue weighted by Crippen LogP contribution is -2.53. The highest BCUT2D eigenvalue weighted by atomic mass is 16.5. The van der Waals surface area contributed by atoms with Gasteiger partial charge >= 0.3 is 5.69 Å². The number of hydrogen-bond acceptors (Lipinski definition) is 6. The fourth-order valence-electron chi connectivity index (χ4n) is 5.12. The summed E-state index contributed by atoms with van der Waals surface area (Å²) in [7, 11) is 1.71. The number of imidazole rings is 1. The molecule has 1 aromatic carbocycles. The molecule has 10 nitrogen and oxygen atoms in total. The molecule has 0 bridgehead atoms. The second-order valence-corrected chi connectivity index (χ2v) is 9.29. The summed E-state index contributed by atoms with van der Waals surface area (Å²) < 4.78 is 9.26. The molecule has 2 aromatic rings. The molecule has 5 rings (SSSR count). The smallest absolute Gasteiger partial charge is 0.329 e. The van der Waals surface area contributed by atoms with E-state index in [2.05, 4.69) is 10.2 Å². The highest BCUT2D eigenvalue weighted by molar-refractivity contribution is 6.00. The predicted octanol–water partition coefficient (Wildman–Crippen LogP) is 0.139. The van der Waals surface area contributed by atoms with Crippen molar-refractivity contribution in [2.45, 2.75) is 50.5 Å². The fraction of sp³-hybridized carbons (Fsp3) is 0.565. The van der Waals surface area contributed by atoms with Crippen LogP contribution in [0.5, 0.6) is 0 Å². The molecule has 0 saturated carbocycles. The van der Waals surface area contributed by atoms with E-state index in [-0.39, 0.29) is 30.2 Å². The molecule has 176 valence electrons. The zero-order chi connectivity index (χ0) is 23.1. The molecule has 1 atom stereocenters. The molecule has 1 aromatic heterocycles. The first-order chi connectivity index (χ1) is 15.9. The van der Waals surface area contributed by atoms with Crippen molar-refractivity contribution >= 4 is 29.3 Å². The number of aromatic nitrogens is 2. The van der Waals surface area contributed by atoms with Crippen LogP contribution in [0.25, 0.3) is 11.0 Å². The van der Waals surface area contributed by atoms with Crippen molar-refractivity contribution in [2.24, 2.45) is 7.05 Å². The second kappa shape index (κ2) is 8.75. The molecule has 3 aliphatic heterocycles. The molecule has 33 heavy (non-hydrogen) atoms. The quantitative estimate of drug-likeness (QED) is 0.491. The lowest BCUT2D eigenvalue weighted by Gasteiger charge is -2.42. The Balaban J connectivity index is 1.23. The third-order valence-corrected chi connectivity index (χ3v) is 7.02. The molecule has 0 radical (unpaired) electrons. The van der Waals surface area contributed by atoms with Crippen LogP contribution < -0.4 is 11.0 Å². The number of piperidine rings is 2. The minimum absolute atomic E-state index is 0.222. The van der Waals surface area contributed by atoms with E-state index in [1.165, 1.54) is 4.57 Å². The minimum atomic E-state index is -0.670. The number of fused-ring (bicyclic) bond motifs is 1. The zero-order valence-corrected chi connectivity index (χ0v) is 18.7. The van der Waals surface area contributed by atoms with Crippen molar-refractivity contribution in [3.05, 3.63) is 34.2 Å². The summed E-state index contributed by atoms with van der Waals surface area (Å²) in [5.41, 5.74) is 2.32. The summed E-state index contributed by atoms with van der Waals surface area (Å²) >= 11 is 0. The number of nitrogens with zero attached hydrogens (tertiary/aromatic N) is 4. The number of amides is 3. The highest BCUT2D eigenvalue weighted by Gasteiger charge is 2.33. The van der Waals surface area contributed by atoms with Crippen LogP contribution in [0, 0.1) is 0 Å². The maximum absolute atomic E-state index is 12.9. The maximum Gasteiger partial charge on any atom is 0.329 e. The maximum atomic E-state index is 12.9. The van der Waals surface area contributed by atoms with Crippen molar-refractivity contribution in [3.63, 3.8) is 0 Å². The normalized spacial score (nSPS) is 23.1. The van der Waals surface area contributed by atoms with Crippen LogP contribution in [0.15, 0.2) is 23.0 Å². The molecule has 3 saturated heterocycles. The van der Waals surface area contributed by atoms with E-state index < -0.39 is 11.9 Å². The van der Waals surface area contributed by atoms with Crippen molar-refractivity contribution < 1.29 is 19.1 Å². The average molecular weight is 456 g/mol. The van der Waals surface area contributed by atoms with Crippen LogP contribution in [-0.2, 0) is 32.7 Å². The number of imide groups is 1. The zero-order valence-electron chi connectivity index (χ0n) is 18.7. The van der Waals surface area contributed by atoms with E-state index in [1.807, 2.05) is 18.2 Å². The van der Waals surface area contributed by atoms with E-state index in [4.69, 9.17) is 4.74 Å². The minimum Gasteiger partial charge on any atom is -0.372 e. The SMILES string of the molecule is Cn1c(=O)n(C2CCC(=O)NC2=O)c2ccc(CN3CC(OC4CCN(C=O)CC4)C3)cc21. The summed E-state index contributed by atoms with van der Waals surface area (Å²) in [5, 5.41) is 2.34. The summed E-state index contributed by atoms with van der Waals surface area (Å²) in [6, 6.07) is 5.22. The highest BCUT2D eigenvalue weighted by Crippen LogP contribution is 2.26. The molecule has 0 aliphatic carbocycles. The molecule has 3 amide bonds. The van der Waals surface area contributed by atoms with Gasteiger partial charge in [0.25, 0.3) is 0 Å². The number of aryl methyl sites for hydroxylation is 1. The fourth-order valence-corrected chi connectivity index (χ4v) is 5.12. The van der Waals surface area contributed by atoms with Gasteiger partial charge in [0.05, 0.1) is 23.2 Å². The third kappa shape index (κ3) is 4.20. The van der Waals surface area contributed by atoms with Gasteiger partial charge in [-0.1, -0.05) is 6.07 Å². The molecular formula is C23H29N5O5. The van der Waals surface area contributed by atoms with E-state index in [1.54, 1.807) is 16.5 Å². The van der Waals surface area contributed by atoms with Gasteiger partial charge in [-0.25, -0.2) is 4.79 Å². The van der Waals surface area contributed by atoms with Crippen LogP contribution in [0.3, 0.4) is 0 Å². The van der Waals surface area contributed by atoms with E-state index in [9.17, 15) is 19.2 Å². The van der Waals surface area contributed by atoms with Gasteiger partial charge in [0.2, 0.25) is 18.2 Å². The number of nitrogens with one attached hydrogen (secondary N) is 1. The Labute approximate surface area is 191 Å². The summed E-state index contributed by atoms with van der Waals surface area (Å²) in [5.74, 6) is -0.719. The Bertz CT molecular complexity index is 1140. The second-order valence-electron chi connectivity index (χ2n) is 9.29. The number of carbonyl (C=O) groups excluding carboxylic acids is 3. The van der Waals surface area contributed by atoms with Gasteiger partial charge < -0.3 is 9.64 Å². The molecule has 3 aliphatic rings. The summed E-state index contributed by atoms with van der Waals surface area (Å²) in [6.45, 7) is 4.02. The lowest BCUT2D eigenvalue weighted by molar-refractivity contribution is -0.135. The number of carbonyl (C=O) groups is 3. The van der Waals surface area contributed by atoms with Crippen LogP contribution in [-0.4, -0.2) is 75.5 Å². The van der Waals surface area contributed by atoms with Gasteiger partial charge in [0, 0.05) is 46.2 Å². The largest absolute Gasteiger partial charge is 0.372 e.